The summed E-state index contributed by atoms with van der Waals surface area (Å²) < 4.78 is 7.51. The largest absolute Gasteiger partial charge is 0.463 e. The molecule has 1 aliphatic rings. The molecule has 0 spiro atoms. The highest BCUT2D eigenvalue weighted by molar-refractivity contribution is 5.85. The van der Waals surface area contributed by atoms with Gasteiger partial charge in [-0.2, -0.15) is 0 Å². The SMILES string of the molecule is CC(Oc1nn(C)c2ccccc12)C(=O)NCCC1CC1. The van der Waals surface area contributed by atoms with Crippen LogP contribution in [0, 0.1) is 5.92 Å². The van der Waals surface area contributed by atoms with Gasteiger partial charge in [-0.3, -0.25) is 9.48 Å². The van der Waals surface area contributed by atoms with E-state index in [1.54, 1.807) is 11.6 Å². The Morgan fingerprint density at radius 3 is 3.00 bits per heavy atom. The van der Waals surface area contributed by atoms with Crippen molar-refractivity contribution in [3.63, 3.8) is 0 Å². The molecule has 1 fully saturated rings. The molecule has 1 amide bonds. The fraction of sp³-hybridized carbons (Fsp3) is 0.500. The van der Waals surface area contributed by atoms with Gasteiger partial charge in [0, 0.05) is 13.6 Å². The Kier molecular flexibility index (Phi) is 3.82. The molecule has 0 radical (unpaired) electrons. The van der Waals surface area contributed by atoms with Crippen LogP contribution >= 0.6 is 0 Å². The number of amides is 1. The third-order valence-corrected chi connectivity index (χ3v) is 3.93. The van der Waals surface area contributed by atoms with Crippen LogP contribution in [-0.2, 0) is 11.8 Å². The van der Waals surface area contributed by atoms with Crippen molar-refractivity contribution in [2.24, 2.45) is 13.0 Å². The lowest BCUT2D eigenvalue weighted by Crippen LogP contribution is -2.37. The predicted octanol–water partition coefficient (Wildman–Crippen LogP) is 2.26. The van der Waals surface area contributed by atoms with Crippen LogP contribution in [-0.4, -0.2) is 28.3 Å². The molecule has 0 saturated heterocycles. The van der Waals surface area contributed by atoms with E-state index in [1.807, 2.05) is 31.3 Å². The molecule has 1 aliphatic carbocycles. The molecule has 1 saturated carbocycles. The number of carbonyl (C=O) groups is 1. The molecule has 0 bridgehead atoms. The summed E-state index contributed by atoms with van der Waals surface area (Å²) in [6.45, 7) is 2.50. The van der Waals surface area contributed by atoms with Gasteiger partial charge in [0.25, 0.3) is 5.91 Å². The number of rotatable bonds is 6. The Bertz CT molecular complexity index is 646. The van der Waals surface area contributed by atoms with Crippen molar-refractivity contribution in [1.29, 1.82) is 0 Å². The van der Waals surface area contributed by atoms with Crippen molar-refractivity contribution in [1.82, 2.24) is 15.1 Å². The lowest BCUT2D eigenvalue weighted by Gasteiger charge is -2.13. The quantitative estimate of drug-likeness (QED) is 0.886. The van der Waals surface area contributed by atoms with Crippen LogP contribution in [0.1, 0.15) is 26.2 Å². The smallest absolute Gasteiger partial charge is 0.260 e. The number of fused-ring (bicyclic) bond motifs is 1. The van der Waals surface area contributed by atoms with E-state index in [2.05, 4.69) is 10.4 Å². The lowest BCUT2D eigenvalue weighted by molar-refractivity contribution is -0.127. The first kappa shape index (κ1) is 13.9. The second-order valence-electron chi connectivity index (χ2n) is 5.73. The standard InChI is InChI=1S/C16H21N3O2/c1-11(15(20)17-10-9-12-7-8-12)21-16-13-5-3-4-6-14(13)19(2)18-16/h3-6,11-12H,7-10H2,1-2H3,(H,17,20). The minimum atomic E-state index is -0.539. The number of ether oxygens (including phenoxy) is 1. The number of benzene rings is 1. The van der Waals surface area contributed by atoms with Crippen molar-refractivity contribution in [3.8, 4) is 5.88 Å². The fourth-order valence-electron chi connectivity index (χ4n) is 2.44. The minimum absolute atomic E-state index is 0.0783. The Hall–Kier alpha value is -2.04. The molecule has 1 heterocycles. The van der Waals surface area contributed by atoms with E-state index in [9.17, 15) is 4.79 Å². The monoisotopic (exact) mass is 287 g/mol. The van der Waals surface area contributed by atoms with Gasteiger partial charge in [0.1, 0.15) is 0 Å². The van der Waals surface area contributed by atoms with E-state index >= 15 is 0 Å². The summed E-state index contributed by atoms with van der Waals surface area (Å²) in [6.07, 6.45) is 3.15. The summed E-state index contributed by atoms with van der Waals surface area (Å²) in [5, 5.41) is 8.20. The van der Waals surface area contributed by atoms with Gasteiger partial charge in [0.15, 0.2) is 6.10 Å². The van der Waals surface area contributed by atoms with E-state index in [0.29, 0.717) is 5.88 Å². The molecule has 112 valence electrons. The highest BCUT2D eigenvalue weighted by Gasteiger charge is 2.22. The molecule has 1 N–H and O–H groups in total. The average Bonchev–Trinajstić information content (AvgIpc) is 3.25. The fourth-order valence-corrected chi connectivity index (χ4v) is 2.44. The van der Waals surface area contributed by atoms with E-state index in [4.69, 9.17) is 4.74 Å². The number of para-hydroxylation sites is 1. The molecule has 21 heavy (non-hydrogen) atoms. The predicted molar refractivity (Wildman–Crippen MR) is 81.2 cm³/mol. The van der Waals surface area contributed by atoms with Gasteiger partial charge in [-0.05, 0) is 31.4 Å². The molecule has 1 atom stereocenters. The van der Waals surface area contributed by atoms with Crippen LogP contribution in [0.4, 0.5) is 0 Å². The normalized spacial score (nSPS) is 15.9. The maximum Gasteiger partial charge on any atom is 0.260 e. The van der Waals surface area contributed by atoms with Crippen LogP contribution in [0.15, 0.2) is 24.3 Å². The maximum atomic E-state index is 12.0. The van der Waals surface area contributed by atoms with E-state index < -0.39 is 6.10 Å². The van der Waals surface area contributed by atoms with Crippen LogP contribution in [0.3, 0.4) is 0 Å². The van der Waals surface area contributed by atoms with Crippen molar-refractivity contribution in [3.05, 3.63) is 24.3 Å². The molecule has 2 aromatic rings. The lowest BCUT2D eigenvalue weighted by atomic mass is 10.2. The zero-order valence-electron chi connectivity index (χ0n) is 12.5. The summed E-state index contributed by atoms with van der Waals surface area (Å²) in [7, 11) is 1.87. The van der Waals surface area contributed by atoms with Crippen LogP contribution < -0.4 is 10.1 Å². The number of aromatic nitrogens is 2. The number of nitrogens with zero attached hydrogens (tertiary/aromatic N) is 2. The summed E-state index contributed by atoms with van der Waals surface area (Å²) in [5.41, 5.74) is 0.994. The molecular weight excluding hydrogens is 266 g/mol. The van der Waals surface area contributed by atoms with E-state index in [0.717, 1.165) is 29.8 Å². The zero-order valence-corrected chi connectivity index (χ0v) is 12.5. The molecule has 1 aromatic carbocycles. The molecule has 1 aromatic heterocycles. The Labute approximate surface area is 124 Å². The van der Waals surface area contributed by atoms with Gasteiger partial charge in [-0.1, -0.05) is 25.0 Å². The summed E-state index contributed by atoms with van der Waals surface area (Å²) in [4.78, 5) is 12.0. The number of nitrogens with one attached hydrogen (secondary N) is 1. The number of hydrogen-bond donors (Lipinski definition) is 1. The number of hydrogen-bond acceptors (Lipinski definition) is 3. The second kappa shape index (κ2) is 5.76. The van der Waals surface area contributed by atoms with Gasteiger partial charge in [0.05, 0.1) is 10.9 Å². The first-order valence-electron chi connectivity index (χ1n) is 7.51. The zero-order chi connectivity index (χ0) is 14.8. The van der Waals surface area contributed by atoms with Crippen molar-refractivity contribution >= 4 is 16.8 Å². The Morgan fingerprint density at radius 1 is 1.48 bits per heavy atom. The summed E-state index contributed by atoms with van der Waals surface area (Å²) >= 11 is 0. The molecule has 5 heteroatoms. The second-order valence-corrected chi connectivity index (χ2v) is 5.73. The average molecular weight is 287 g/mol. The highest BCUT2D eigenvalue weighted by atomic mass is 16.5. The highest BCUT2D eigenvalue weighted by Crippen LogP contribution is 2.31. The molecule has 1 unspecified atom stereocenters. The van der Waals surface area contributed by atoms with Gasteiger partial charge >= 0.3 is 0 Å². The van der Waals surface area contributed by atoms with Crippen LogP contribution in [0.2, 0.25) is 0 Å². The van der Waals surface area contributed by atoms with E-state index in [-0.39, 0.29) is 5.91 Å². The van der Waals surface area contributed by atoms with Crippen molar-refractivity contribution in [2.75, 3.05) is 6.54 Å². The van der Waals surface area contributed by atoms with Crippen molar-refractivity contribution < 1.29 is 9.53 Å². The van der Waals surface area contributed by atoms with Crippen molar-refractivity contribution in [2.45, 2.75) is 32.3 Å². The van der Waals surface area contributed by atoms with Crippen LogP contribution in [0.25, 0.3) is 10.9 Å². The topological polar surface area (TPSA) is 56.2 Å². The van der Waals surface area contributed by atoms with Crippen LogP contribution in [0.5, 0.6) is 5.88 Å². The Balaban J connectivity index is 1.62. The molecule has 3 rings (SSSR count). The third-order valence-electron chi connectivity index (χ3n) is 3.93. The number of aryl methyl sites for hydroxylation is 1. The first-order chi connectivity index (χ1) is 10.1. The van der Waals surface area contributed by atoms with Gasteiger partial charge in [-0.25, -0.2) is 0 Å². The molecule has 5 nitrogen and oxygen atoms in total. The first-order valence-corrected chi connectivity index (χ1v) is 7.51. The van der Waals surface area contributed by atoms with Gasteiger partial charge in [0.2, 0.25) is 5.88 Å². The minimum Gasteiger partial charge on any atom is -0.463 e. The number of carbonyl (C=O) groups excluding carboxylic acids is 1. The maximum absolute atomic E-state index is 12.0. The van der Waals surface area contributed by atoms with E-state index in [1.165, 1.54) is 12.8 Å². The molecule has 0 aliphatic heterocycles. The summed E-state index contributed by atoms with van der Waals surface area (Å²) in [6, 6.07) is 7.84. The Morgan fingerprint density at radius 2 is 2.24 bits per heavy atom. The summed E-state index contributed by atoms with van der Waals surface area (Å²) in [5.74, 6) is 1.25. The molecular formula is C16H21N3O2. The van der Waals surface area contributed by atoms with Gasteiger partial charge in [-0.15, -0.1) is 5.10 Å². The third kappa shape index (κ3) is 3.17. The van der Waals surface area contributed by atoms with Gasteiger partial charge < -0.3 is 10.1 Å².